The molecule has 2 unspecified atom stereocenters. The first-order valence-electron chi connectivity index (χ1n) is 10.7. The largest absolute Gasteiger partial charge is 0.495 e. The minimum absolute atomic E-state index is 0.391. The lowest BCUT2D eigenvalue weighted by molar-refractivity contribution is 0.147. The number of aliphatic imine (C=N–C) groups is 1. The van der Waals surface area contributed by atoms with Gasteiger partial charge in [-0.05, 0) is 57.3 Å². The van der Waals surface area contributed by atoms with Crippen LogP contribution in [0.3, 0.4) is 0 Å². The van der Waals surface area contributed by atoms with Crippen molar-refractivity contribution in [2.75, 3.05) is 51.8 Å². The Labute approximate surface area is 170 Å². The van der Waals surface area contributed by atoms with E-state index in [1.54, 1.807) is 7.11 Å². The molecule has 2 atom stereocenters. The van der Waals surface area contributed by atoms with Crippen molar-refractivity contribution in [2.45, 2.75) is 45.2 Å². The smallest absolute Gasteiger partial charge is 0.191 e. The molecular formula is C22H37N5O. The van der Waals surface area contributed by atoms with Crippen molar-refractivity contribution >= 4 is 11.6 Å². The molecule has 2 fully saturated rings. The lowest BCUT2D eigenvalue weighted by Gasteiger charge is -2.35. The Hall–Kier alpha value is -1.95. The molecule has 0 aromatic heterocycles. The lowest BCUT2D eigenvalue weighted by atomic mass is 9.98. The van der Waals surface area contributed by atoms with Gasteiger partial charge >= 0.3 is 0 Å². The second kappa shape index (κ2) is 10.0. The van der Waals surface area contributed by atoms with E-state index in [1.165, 1.54) is 31.6 Å². The van der Waals surface area contributed by atoms with Crippen molar-refractivity contribution in [3.05, 3.63) is 24.3 Å². The number of anilines is 1. The Balaban J connectivity index is 1.46. The Morgan fingerprint density at radius 1 is 1.21 bits per heavy atom. The first-order chi connectivity index (χ1) is 13.6. The zero-order valence-electron chi connectivity index (χ0n) is 17.9. The van der Waals surface area contributed by atoms with Crippen LogP contribution in [-0.2, 0) is 0 Å². The number of guanidine groups is 1. The van der Waals surface area contributed by atoms with Crippen LogP contribution in [0.4, 0.5) is 5.69 Å². The Morgan fingerprint density at radius 3 is 2.68 bits per heavy atom. The van der Waals surface area contributed by atoms with Gasteiger partial charge in [-0.3, -0.25) is 9.89 Å². The number of ether oxygens (including phenoxy) is 1. The fourth-order valence-electron chi connectivity index (χ4n) is 4.22. The molecule has 156 valence electrons. The third-order valence-corrected chi connectivity index (χ3v) is 6.19. The summed E-state index contributed by atoms with van der Waals surface area (Å²) in [4.78, 5) is 9.43. The molecule has 1 aromatic rings. The van der Waals surface area contributed by atoms with Crippen LogP contribution in [0.25, 0.3) is 0 Å². The first kappa shape index (κ1) is 20.8. The van der Waals surface area contributed by atoms with Crippen LogP contribution in [0.15, 0.2) is 29.3 Å². The summed E-state index contributed by atoms with van der Waals surface area (Å²) in [6, 6.07) is 9.17. The number of nitrogens with zero attached hydrogens (tertiary/aromatic N) is 3. The summed E-state index contributed by atoms with van der Waals surface area (Å²) in [5.74, 6) is 2.72. The fourth-order valence-corrected chi connectivity index (χ4v) is 4.22. The number of rotatable bonds is 6. The van der Waals surface area contributed by atoms with E-state index in [2.05, 4.69) is 51.4 Å². The number of hydrogen-bond acceptors (Lipinski definition) is 4. The summed E-state index contributed by atoms with van der Waals surface area (Å²) in [5.41, 5.74) is 1.17. The molecule has 2 aliphatic rings. The second-order valence-corrected chi connectivity index (χ2v) is 8.27. The van der Waals surface area contributed by atoms with Gasteiger partial charge in [0, 0.05) is 38.8 Å². The van der Waals surface area contributed by atoms with E-state index in [9.17, 15) is 0 Å². The van der Waals surface area contributed by atoms with E-state index in [1.807, 2.05) is 19.2 Å². The van der Waals surface area contributed by atoms with Gasteiger partial charge in [-0.15, -0.1) is 0 Å². The van der Waals surface area contributed by atoms with Gasteiger partial charge in [0.15, 0.2) is 5.96 Å². The van der Waals surface area contributed by atoms with Gasteiger partial charge < -0.3 is 20.3 Å². The highest BCUT2D eigenvalue weighted by Crippen LogP contribution is 2.30. The van der Waals surface area contributed by atoms with E-state index >= 15 is 0 Å². The van der Waals surface area contributed by atoms with Gasteiger partial charge in [-0.1, -0.05) is 19.1 Å². The van der Waals surface area contributed by atoms with Gasteiger partial charge in [0.1, 0.15) is 5.75 Å². The second-order valence-electron chi connectivity index (χ2n) is 8.27. The molecule has 2 saturated heterocycles. The first-order valence-corrected chi connectivity index (χ1v) is 10.7. The number of benzene rings is 1. The predicted octanol–water partition coefficient (Wildman–Crippen LogP) is 2.56. The highest BCUT2D eigenvalue weighted by atomic mass is 16.5. The number of hydrogen-bond donors (Lipinski definition) is 2. The van der Waals surface area contributed by atoms with Gasteiger partial charge in [0.25, 0.3) is 0 Å². The molecule has 0 saturated carbocycles. The average Bonchev–Trinajstić information content (AvgIpc) is 3.19. The molecule has 0 spiro atoms. The number of nitrogens with one attached hydrogen (secondary N) is 2. The molecule has 2 heterocycles. The SMILES string of the molecule is CN=C(NCC(C)N1CCC(C)CC1)NC1CCN(c2ccccc2OC)C1. The van der Waals surface area contributed by atoms with Crippen LogP contribution in [-0.4, -0.2) is 69.8 Å². The number of para-hydroxylation sites is 2. The van der Waals surface area contributed by atoms with Crippen molar-refractivity contribution < 1.29 is 4.74 Å². The quantitative estimate of drug-likeness (QED) is 0.580. The van der Waals surface area contributed by atoms with Crippen LogP contribution in [0.1, 0.15) is 33.1 Å². The minimum atomic E-state index is 0.391. The monoisotopic (exact) mass is 387 g/mol. The van der Waals surface area contributed by atoms with Crippen molar-refractivity contribution in [1.29, 1.82) is 0 Å². The molecule has 0 aliphatic carbocycles. The predicted molar refractivity (Wildman–Crippen MR) is 118 cm³/mol. The summed E-state index contributed by atoms with van der Waals surface area (Å²) in [7, 11) is 3.59. The Bertz CT molecular complexity index is 642. The maximum atomic E-state index is 5.52. The molecule has 28 heavy (non-hydrogen) atoms. The van der Waals surface area contributed by atoms with Crippen molar-refractivity contribution in [3.8, 4) is 5.75 Å². The minimum Gasteiger partial charge on any atom is -0.495 e. The zero-order valence-corrected chi connectivity index (χ0v) is 17.9. The van der Waals surface area contributed by atoms with Crippen molar-refractivity contribution in [2.24, 2.45) is 10.9 Å². The molecule has 0 bridgehead atoms. The summed E-state index contributed by atoms with van der Waals surface area (Å²) < 4.78 is 5.52. The van der Waals surface area contributed by atoms with Crippen LogP contribution in [0, 0.1) is 5.92 Å². The molecule has 2 N–H and O–H groups in total. The zero-order chi connectivity index (χ0) is 19.9. The fraction of sp³-hybridized carbons (Fsp3) is 0.682. The average molecular weight is 388 g/mol. The molecule has 0 amide bonds. The molecule has 1 aromatic carbocycles. The third-order valence-electron chi connectivity index (χ3n) is 6.19. The lowest BCUT2D eigenvalue weighted by Crippen LogP contribution is -2.50. The van der Waals surface area contributed by atoms with E-state index in [4.69, 9.17) is 4.74 Å². The van der Waals surface area contributed by atoms with Gasteiger partial charge in [0.05, 0.1) is 12.8 Å². The Kier molecular flexibility index (Phi) is 7.43. The van der Waals surface area contributed by atoms with Crippen LogP contribution >= 0.6 is 0 Å². The highest BCUT2D eigenvalue weighted by molar-refractivity contribution is 5.80. The molecule has 2 aliphatic heterocycles. The third kappa shape index (κ3) is 5.31. The summed E-state index contributed by atoms with van der Waals surface area (Å²) in [5, 5.41) is 7.14. The highest BCUT2D eigenvalue weighted by Gasteiger charge is 2.26. The van der Waals surface area contributed by atoms with Crippen molar-refractivity contribution in [3.63, 3.8) is 0 Å². The maximum Gasteiger partial charge on any atom is 0.191 e. The topological polar surface area (TPSA) is 52.1 Å². The molecule has 6 heteroatoms. The standard InChI is InChI=1S/C22H37N5O/c1-17-9-12-26(13-10-17)18(2)15-24-22(23-3)25-19-11-14-27(16-19)20-7-5-6-8-21(20)28-4/h5-8,17-19H,9-16H2,1-4H3,(H2,23,24,25). The summed E-state index contributed by atoms with van der Waals surface area (Å²) >= 11 is 0. The summed E-state index contributed by atoms with van der Waals surface area (Å²) in [6.07, 6.45) is 3.73. The van der Waals surface area contributed by atoms with Gasteiger partial charge in [-0.2, -0.15) is 0 Å². The molecule has 6 nitrogen and oxygen atoms in total. The normalized spacial score (nSPS) is 22.9. The van der Waals surface area contributed by atoms with E-state index in [0.29, 0.717) is 12.1 Å². The van der Waals surface area contributed by atoms with Crippen LogP contribution < -0.4 is 20.3 Å². The molecular weight excluding hydrogens is 350 g/mol. The maximum absolute atomic E-state index is 5.52. The van der Waals surface area contributed by atoms with Gasteiger partial charge in [0.2, 0.25) is 0 Å². The molecule has 0 radical (unpaired) electrons. The van der Waals surface area contributed by atoms with E-state index < -0.39 is 0 Å². The van der Waals surface area contributed by atoms with Gasteiger partial charge in [-0.25, -0.2) is 0 Å². The number of piperidine rings is 1. The van der Waals surface area contributed by atoms with Crippen molar-refractivity contribution in [1.82, 2.24) is 15.5 Å². The van der Waals surface area contributed by atoms with E-state index in [0.717, 1.165) is 43.7 Å². The van der Waals surface area contributed by atoms with E-state index in [-0.39, 0.29) is 0 Å². The number of methoxy groups -OCH3 is 1. The van der Waals surface area contributed by atoms with Crippen LogP contribution in [0.2, 0.25) is 0 Å². The van der Waals surface area contributed by atoms with Crippen LogP contribution in [0.5, 0.6) is 5.75 Å². The summed E-state index contributed by atoms with van der Waals surface area (Å²) in [6.45, 7) is 10.0. The number of likely N-dealkylation sites (tertiary alicyclic amines) is 1. The Morgan fingerprint density at radius 2 is 1.96 bits per heavy atom. The molecule has 3 rings (SSSR count).